The van der Waals surface area contributed by atoms with Crippen molar-refractivity contribution in [1.82, 2.24) is 9.78 Å². The Morgan fingerprint density at radius 2 is 2.22 bits per heavy atom. The molecule has 1 aromatic heterocycles. The lowest BCUT2D eigenvalue weighted by atomic mass is 10.1. The van der Waals surface area contributed by atoms with Crippen LogP contribution in [0.4, 0.5) is 4.39 Å². The van der Waals surface area contributed by atoms with Gasteiger partial charge in [-0.05, 0) is 33.6 Å². The lowest BCUT2D eigenvalue weighted by Crippen LogP contribution is -2.08. The molecule has 1 N–H and O–H groups in total. The Kier molecular flexibility index (Phi) is 3.68. The largest absolute Gasteiger partial charge is 0.493 e. The van der Waals surface area contributed by atoms with Gasteiger partial charge in [-0.1, -0.05) is 6.07 Å². The van der Waals surface area contributed by atoms with Crippen LogP contribution in [0.15, 0.2) is 28.9 Å². The van der Waals surface area contributed by atoms with Crippen molar-refractivity contribution in [2.24, 2.45) is 7.05 Å². The van der Waals surface area contributed by atoms with E-state index in [0.717, 1.165) is 0 Å². The number of rotatable bonds is 3. The maximum Gasteiger partial charge on any atom is 0.162 e. The zero-order valence-electron chi connectivity index (χ0n) is 9.89. The second-order valence-electron chi connectivity index (χ2n) is 3.80. The number of hydrogen-bond acceptors (Lipinski definition) is 3. The Morgan fingerprint density at radius 3 is 2.83 bits per heavy atom. The Hall–Kier alpha value is -1.40. The van der Waals surface area contributed by atoms with Crippen molar-refractivity contribution < 1.29 is 14.2 Å². The van der Waals surface area contributed by atoms with Gasteiger partial charge in [-0.15, -0.1) is 0 Å². The SMILES string of the molecule is COc1cnn(C)c1C(O)c1ccc(Br)c(F)c1. The smallest absolute Gasteiger partial charge is 0.162 e. The van der Waals surface area contributed by atoms with Gasteiger partial charge in [0.2, 0.25) is 0 Å². The van der Waals surface area contributed by atoms with Gasteiger partial charge in [-0.3, -0.25) is 4.68 Å². The summed E-state index contributed by atoms with van der Waals surface area (Å²) in [7, 11) is 3.19. The second-order valence-corrected chi connectivity index (χ2v) is 4.65. The van der Waals surface area contributed by atoms with E-state index in [9.17, 15) is 9.50 Å². The number of aryl methyl sites for hydroxylation is 1. The van der Waals surface area contributed by atoms with Gasteiger partial charge in [0, 0.05) is 7.05 Å². The van der Waals surface area contributed by atoms with Gasteiger partial charge in [0.05, 0.1) is 17.8 Å². The highest BCUT2D eigenvalue weighted by molar-refractivity contribution is 9.10. The molecule has 0 saturated heterocycles. The van der Waals surface area contributed by atoms with Crippen LogP contribution in [0.2, 0.25) is 0 Å². The van der Waals surface area contributed by atoms with Gasteiger partial charge in [-0.25, -0.2) is 4.39 Å². The summed E-state index contributed by atoms with van der Waals surface area (Å²) in [6.45, 7) is 0. The van der Waals surface area contributed by atoms with Crippen LogP contribution in [0.25, 0.3) is 0 Å². The van der Waals surface area contributed by atoms with Crippen molar-refractivity contribution in [1.29, 1.82) is 0 Å². The molecule has 6 heteroatoms. The number of aliphatic hydroxyl groups excluding tert-OH is 1. The first-order chi connectivity index (χ1) is 8.54. The Bertz CT molecular complexity index is 571. The maximum atomic E-state index is 13.5. The molecular weight excluding hydrogens is 303 g/mol. The molecular formula is C12H12BrFN2O2. The standard InChI is InChI=1S/C12H12BrFN2O2/c1-16-11(10(18-2)6-15-16)12(17)7-3-4-8(13)9(14)5-7/h3-6,12,17H,1-2H3. The summed E-state index contributed by atoms with van der Waals surface area (Å²) in [6, 6.07) is 4.47. The molecule has 2 rings (SSSR count). The molecule has 4 nitrogen and oxygen atoms in total. The van der Waals surface area contributed by atoms with Gasteiger partial charge in [0.15, 0.2) is 5.75 Å². The van der Waals surface area contributed by atoms with E-state index in [1.165, 1.54) is 24.1 Å². The van der Waals surface area contributed by atoms with Crippen molar-refractivity contribution in [3.8, 4) is 5.75 Å². The molecule has 2 aromatic rings. The number of benzene rings is 1. The van der Waals surface area contributed by atoms with Crippen LogP contribution in [0.1, 0.15) is 17.4 Å². The third-order valence-corrected chi connectivity index (χ3v) is 3.33. The van der Waals surface area contributed by atoms with E-state index in [4.69, 9.17) is 4.74 Å². The molecule has 96 valence electrons. The van der Waals surface area contributed by atoms with Crippen molar-refractivity contribution in [3.63, 3.8) is 0 Å². The first-order valence-corrected chi connectivity index (χ1v) is 6.02. The number of hydrogen-bond donors (Lipinski definition) is 1. The molecule has 0 saturated carbocycles. The van der Waals surface area contributed by atoms with Gasteiger partial charge in [0.1, 0.15) is 17.6 Å². The van der Waals surface area contributed by atoms with Gasteiger partial charge in [-0.2, -0.15) is 5.10 Å². The Morgan fingerprint density at radius 1 is 1.50 bits per heavy atom. The number of nitrogens with zero attached hydrogens (tertiary/aromatic N) is 2. The van der Waals surface area contributed by atoms with Crippen LogP contribution in [-0.4, -0.2) is 22.0 Å². The summed E-state index contributed by atoms with van der Waals surface area (Å²) in [5.74, 6) is 0.0426. The Balaban J connectivity index is 2.44. The zero-order chi connectivity index (χ0) is 13.3. The fourth-order valence-corrected chi connectivity index (χ4v) is 1.98. The summed E-state index contributed by atoms with van der Waals surface area (Å²) in [5.41, 5.74) is 0.928. The van der Waals surface area contributed by atoms with Crippen LogP contribution in [0.3, 0.4) is 0 Å². The fraction of sp³-hybridized carbons (Fsp3) is 0.250. The molecule has 0 aliphatic heterocycles. The van der Waals surface area contributed by atoms with E-state index in [-0.39, 0.29) is 0 Å². The monoisotopic (exact) mass is 314 g/mol. The van der Waals surface area contributed by atoms with E-state index in [1.807, 2.05) is 0 Å². The Labute approximate surface area is 112 Å². The summed E-state index contributed by atoms with van der Waals surface area (Å²) in [5, 5.41) is 14.3. The number of aliphatic hydroxyl groups is 1. The first-order valence-electron chi connectivity index (χ1n) is 5.23. The molecule has 0 spiro atoms. The average Bonchev–Trinajstić information content (AvgIpc) is 2.73. The van der Waals surface area contributed by atoms with E-state index in [2.05, 4.69) is 21.0 Å². The highest BCUT2D eigenvalue weighted by atomic mass is 79.9. The molecule has 1 heterocycles. The van der Waals surface area contributed by atoms with Crippen molar-refractivity contribution in [3.05, 3.63) is 45.9 Å². The predicted octanol–water partition coefficient (Wildman–Crippen LogP) is 2.41. The fourth-order valence-electron chi connectivity index (χ4n) is 1.74. The van der Waals surface area contributed by atoms with Gasteiger partial charge < -0.3 is 9.84 Å². The third-order valence-electron chi connectivity index (χ3n) is 2.69. The predicted molar refractivity (Wildman–Crippen MR) is 67.9 cm³/mol. The maximum absolute atomic E-state index is 13.5. The number of methoxy groups -OCH3 is 1. The summed E-state index contributed by atoms with van der Waals surface area (Å²) in [6.07, 6.45) is 0.517. The summed E-state index contributed by atoms with van der Waals surface area (Å²) < 4.78 is 20.4. The minimum atomic E-state index is -0.991. The molecule has 1 aromatic carbocycles. The van der Waals surface area contributed by atoms with Crippen LogP contribution >= 0.6 is 15.9 Å². The highest BCUT2D eigenvalue weighted by Gasteiger charge is 2.20. The lowest BCUT2D eigenvalue weighted by Gasteiger charge is -2.13. The molecule has 1 atom stereocenters. The van der Waals surface area contributed by atoms with Crippen molar-refractivity contribution >= 4 is 15.9 Å². The molecule has 18 heavy (non-hydrogen) atoms. The van der Waals surface area contributed by atoms with E-state index in [0.29, 0.717) is 21.5 Å². The van der Waals surface area contributed by atoms with E-state index < -0.39 is 11.9 Å². The van der Waals surface area contributed by atoms with Gasteiger partial charge in [0.25, 0.3) is 0 Å². The highest BCUT2D eigenvalue weighted by Crippen LogP contribution is 2.30. The van der Waals surface area contributed by atoms with Crippen molar-refractivity contribution in [2.75, 3.05) is 7.11 Å². The van der Waals surface area contributed by atoms with Crippen LogP contribution in [-0.2, 0) is 7.05 Å². The third kappa shape index (κ3) is 2.26. The minimum absolute atomic E-state index is 0.357. The zero-order valence-corrected chi connectivity index (χ0v) is 11.5. The minimum Gasteiger partial charge on any atom is -0.493 e. The molecule has 0 aliphatic rings. The molecule has 0 amide bonds. The first kappa shape index (κ1) is 13.0. The molecule has 0 radical (unpaired) electrons. The van der Waals surface area contributed by atoms with E-state index >= 15 is 0 Å². The van der Waals surface area contributed by atoms with Gasteiger partial charge >= 0.3 is 0 Å². The average molecular weight is 315 g/mol. The van der Waals surface area contributed by atoms with Crippen molar-refractivity contribution in [2.45, 2.75) is 6.10 Å². The topological polar surface area (TPSA) is 47.3 Å². The molecule has 1 unspecified atom stereocenters. The van der Waals surface area contributed by atoms with Crippen LogP contribution < -0.4 is 4.74 Å². The molecule has 0 aliphatic carbocycles. The summed E-state index contributed by atoms with van der Waals surface area (Å²) >= 11 is 3.07. The van der Waals surface area contributed by atoms with Crippen LogP contribution in [0, 0.1) is 5.82 Å². The second kappa shape index (κ2) is 5.07. The molecule has 0 fully saturated rings. The summed E-state index contributed by atoms with van der Waals surface area (Å²) in [4.78, 5) is 0. The normalized spacial score (nSPS) is 12.5. The van der Waals surface area contributed by atoms with Crippen LogP contribution in [0.5, 0.6) is 5.75 Å². The quantitative estimate of drug-likeness (QED) is 0.946. The lowest BCUT2D eigenvalue weighted by molar-refractivity contribution is 0.204. The number of halogens is 2. The molecule has 0 bridgehead atoms. The van der Waals surface area contributed by atoms with E-state index in [1.54, 1.807) is 19.2 Å². The number of aromatic nitrogens is 2. The number of ether oxygens (including phenoxy) is 1.